The number of methoxy groups -OCH3 is 1. The molecule has 2 aromatic carbocycles. The number of aromatic nitrogens is 1. The van der Waals surface area contributed by atoms with E-state index in [0.29, 0.717) is 16.0 Å². The molecule has 2 heterocycles. The molecule has 27 heavy (non-hydrogen) atoms. The van der Waals surface area contributed by atoms with Crippen molar-refractivity contribution < 1.29 is 18.3 Å². The molecule has 0 fully saturated rings. The number of pyridine rings is 1. The zero-order valence-corrected chi connectivity index (χ0v) is 15.0. The lowest BCUT2D eigenvalue weighted by atomic mass is 10.0. The van der Waals surface area contributed by atoms with Gasteiger partial charge in [-0.05, 0) is 36.4 Å². The van der Waals surface area contributed by atoms with E-state index in [2.05, 4.69) is 4.98 Å². The molecule has 2 aromatic heterocycles. The van der Waals surface area contributed by atoms with Gasteiger partial charge in [0.1, 0.15) is 11.4 Å². The second-order valence-corrected chi connectivity index (χ2v) is 6.27. The minimum Gasteiger partial charge on any atom is -0.465 e. The van der Waals surface area contributed by atoms with Crippen LogP contribution < -0.4 is 0 Å². The Morgan fingerprint density at radius 1 is 1.11 bits per heavy atom. The number of ether oxygens (including phenoxy) is 1. The average molecular weight is 382 g/mol. The van der Waals surface area contributed by atoms with E-state index in [0.717, 1.165) is 11.1 Å². The molecule has 0 saturated carbocycles. The summed E-state index contributed by atoms with van der Waals surface area (Å²) in [6.45, 7) is 0. The minimum atomic E-state index is -0.564. The summed E-state index contributed by atoms with van der Waals surface area (Å²) in [5, 5.41) is 1.07. The summed E-state index contributed by atoms with van der Waals surface area (Å²) in [4.78, 5) is 16.8. The number of carbonyl (C=O) groups is 1. The number of carbonyl (C=O) groups excluding carboxylic acids is 1. The third kappa shape index (κ3) is 3.06. The highest BCUT2D eigenvalue weighted by Crippen LogP contribution is 2.36. The molecule has 0 unspecified atom stereocenters. The van der Waals surface area contributed by atoms with Crippen molar-refractivity contribution in [1.82, 2.24) is 4.98 Å². The Morgan fingerprint density at radius 3 is 2.56 bits per heavy atom. The maximum absolute atomic E-state index is 13.3. The molecule has 4 aromatic rings. The van der Waals surface area contributed by atoms with E-state index in [9.17, 15) is 9.18 Å². The molecule has 4 nitrogen and oxygen atoms in total. The summed E-state index contributed by atoms with van der Waals surface area (Å²) >= 11 is 6.28. The minimum absolute atomic E-state index is 0.237. The second-order valence-electron chi connectivity index (χ2n) is 5.86. The molecule has 0 aliphatic carbocycles. The summed E-state index contributed by atoms with van der Waals surface area (Å²) in [7, 11) is 1.29. The normalized spacial score (nSPS) is 10.9. The van der Waals surface area contributed by atoms with Gasteiger partial charge in [0.25, 0.3) is 0 Å². The molecule has 0 aliphatic heterocycles. The lowest BCUT2D eigenvalue weighted by molar-refractivity contribution is 0.0603. The first-order valence-electron chi connectivity index (χ1n) is 8.10. The van der Waals surface area contributed by atoms with Crippen molar-refractivity contribution in [1.29, 1.82) is 0 Å². The molecule has 4 rings (SSSR count). The van der Waals surface area contributed by atoms with Gasteiger partial charge in [-0.25, -0.2) is 14.2 Å². The van der Waals surface area contributed by atoms with Crippen LogP contribution in [0.5, 0.6) is 0 Å². The lowest BCUT2D eigenvalue weighted by Crippen LogP contribution is -2.02. The van der Waals surface area contributed by atoms with Crippen LogP contribution in [0.25, 0.3) is 33.6 Å². The van der Waals surface area contributed by atoms with E-state index in [1.165, 1.54) is 31.4 Å². The van der Waals surface area contributed by atoms with Crippen molar-refractivity contribution in [3.8, 4) is 22.5 Å². The zero-order valence-electron chi connectivity index (χ0n) is 14.2. The number of furan rings is 1. The van der Waals surface area contributed by atoms with Crippen molar-refractivity contribution in [3.05, 3.63) is 77.2 Å². The van der Waals surface area contributed by atoms with Crippen LogP contribution in [0.1, 0.15) is 10.4 Å². The fourth-order valence-electron chi connectivity index (χ4n) is 2.93. The van der Waals surface area contributed by atoms with E-state index >= 15 is 0 Å². The van der Waals surface area contributed by atoms with E-state index in [1.54, 1.807) is 18.3 Å². The van der Waals surface area contributed by atoms with Gasteiger partial charge in [0.05, 0.1) is 12.5 Å². The second kappa shape index (κ2) is 6.85. The molecule has 0 aliphatic rings. The van der Waals surface area contributed by atoms with Crippen LogP contribution in [-0.2, 0) is 4.74 Å². The Bertz CT molecular complexity index is 1150. The van der Waals surface area contributed by atoms with Gasteiger partial charge in [-0.3, -0.25) is 0 Å². The molecule has 0 atom stereocenters. The zero-order chi connectivity index (χ0) is 19.0. The Morgan fingerprint density at radius 2 is 1.85 bits per heavy atom. The third-order valence-electron chi connectivity index (χ3n) is 4.23. The van der Waals surface area contributed by atoms with Crippen LogP contribution in [0, 0.1) is 5.82 Å². The molecule has 0 amide bonds. The highest BCUT2D eigenvalue weighted by molar-refractivity contribution is 6.33. The van der Waals surface area contributed by atoms with Crippen LogP contribution in [0.2, 0.25) is 5.02 Å². The predicted octanol–water partition coefficient (Wildman–Crippen LogP) is 5.74. The number of halogens is 2. The molecular formula is C21H13ClFNO3. The summed E-state index contributed by atoms with van der Waals surface area (Å²) in [5.74, 6) is -0.666. The highest BCUT2D eigenvalue weighted by Gasteiger charge is 2.24. The summed E-state index contributed by atoms with van der Waals surface area (Å²) in [6, 6.07) is 14.8. The molecule has 6 heteroatoms. The fraction of sp³-hybridized carbons (Fsp3) is 0.0476. The summed E-state index contributed by atoms with van der Waals surface area (Å²) in [5.41, 5.74) is 2.60. The van der Waals surface area contributed by atoms with Gasteiger partial charge < -0.3 is 9.15 Å². The number of hydrogen-bond donors (Lipinski definition) is 0. The molecular weight excluding hydrogens is 369 g/mol. The van der Waals surface area contributed by atoms with E-state index in [-0.39, 0.29) is 22.9 Å². The average Bonchev–Trinajstić information content (AvgIpc) is 3.07. The van der Waals surface area contributed by atoms with E-state index < -0.39 is 5.97 Å². The molecule has 0 spiro atoms. The highest BCUT2D eigenvalue weighted by atomic mass is 35.5. The van der Waals surface area contributed by atoms with Gasteiger partial charge in [-0.15, -0.1) is 0 Å². The van der Waals surface area contributed by atoms with Gasteiger partial charge in [0.2, 0.25) is 5.71 Å². The number of hydrogen-bond acceptors (Lipinski definition) is 4. The molecule has 0 bridgehead atoms. The quantitative estimate of drug-likeness (QED) is 0.424. The number of benzene rings is 2. The van der Waals surface area contributed by atoms with Crippen molar-refractivity contribution >= 4 is 28.7 Å². The fourth-order valence-corrected chi connectivity index (χ4v) is 3.18. The van der Waals surface area contributed by atoms with Crippen molar-refractivity contribution in [2.75, 3.05) is 7.11 Å². The lowest BCUT2D eigenvalue weighted by Gasteiger charge is -2.04. The first kappa shape index (κ1) is 17.2. The van der Waals surface area contributed by atoms with Gasteiger partial charge in [-0.1, -0.05) is 29.8 Å². The predicted molar refractivity (Wildman–Crippen MR) is 101 cm³/mol. The van der Waals surface area contributed by atoms with Crippen LogP contribution in [0.3, 0.4) is 0 Å². The largest absolute Gasteiger partial charge is 0.465 e. The number of esters is 1. The van der Waals surface area contributed by atoms with Crippen molar-refractivity contribution in [2.24, 2.45) is 0 Å². The number of fused-ring (bicyclic) bond motifs is 1. The third-order valence-corrected chi connectivity index (χ3v) is 4.56. The molecule has 0 radical (unpaired) electrons. The van der Waals surface area contributed by atoms with Gasteiger partial charge in [0, 0.05) is 27.9 Å². The van der Waals surface area contributed by atoms with E-state index in [1.807, 2.05) is 18.2 Å². The van der Waals surface area contributed by atoms with Crippen LogP contribution in [0.4, 0.5) is 4.39 Å². The van der Waals surface area contributed by atoms with Crippen LogP contribution >= 0.6 is 11.6 Å². The topological polar surface area (TPSA) is 52.3 Å². The Hall–Kier alpha value is -3.18. The van der Waals surface area contributed by atoms with Gasteiger partial charge in [-0.2, -0.15) is 0 Å². The number of rotatable bonds is 3. The van der Waals surface area contributed by atoms with Crippen LogP contribution in [-0.4, -0.2) is 18.1 Å². The standard InChI is InChI=1S/C21H13ClFNO3/c1-26-21(25)18-16-10-13(15-4-2-3-5-17(15)22)11-24-20(16)27-19(18)12-6-8-14(23)9-7-12/h2-11H,1H3. The maximum atomic E-state index is 13.3. The van der Waals surface area contributed by atoms with Crippen molar-refractivity contribution in [2.45, 2.75) is 0 Å². The monoisotopic (exact) mass is 381 g/mol. The van der Waals surface area contributed by atoms with Gasteiger partial charge >= 0.3 is 5.97 Å². The molecule has 0 N–H and O–H groups in total. The van der Waals surface area contributed by atoms with E-state index in [4.69, 9.17) is 20.8 Å². The molecule has 0 saturated heterocycles. The first-order valence-corrected chi connectivity index (χ1v) is 8.48. The molecule has 134 valence electrons. The number of nitrogens with zero attached hydrogens (tertiary/aromatic N) is 1. The summed E-state index contributed by atoms with van der Waals surface area (Å²) in [6.07, 6.45) is 1.63. The Balaban J connectivity index is 1.97. The SMILES string of the molecule is COC(=O)c1c(-c2ccc(F)cc2)oc2ncc(-c3ccccc3Cl)cc12. The summed E-state index contributed by atoms with van der Waals surface area (Å²) < 4.78 is 24.0. The Labute approximate surface area is 159 Å². The maximum Gasteiger partial charge on any atom is 0.342 e. The van der Waals surface area contributed by atoms with Crippen molar-refractivity contribution in [3.63, 3.8) is 0 Å². The van der Waals surface area contributed by atoms with Gasteiger partial charge in [0.15, 0.2) is 5.76 Å². The smallest absolute Gasteiger partial charge is 0.342 e. The first-order chi connectivity index (χ1) is 13.1. The van der Waals surface area contributed by atoms with Crippen LogP contribution in [0.15, 0.2) is 65.2 Å². The Kier molecular flexibility index (Phi) is 4.38.